The molecule has 0 aliphatic rings. The molecule has 2 aromatic rings. The molecule has 0 heterocycles. The van der Waals surface area contributed by atoms with Crippen LogP contribution in [0.2, 0.25) is 0 Å². The molecule has 2 aromatic carbocycles. The van der Waals surface area contributed by atoms with Crippen molar-refractivity contribution in [3.05, 3.63) is 59.9 Å². The molecule has 0 aliphatic carbocycles. The zero-order valence-electron chi connectivity index (χ0n) is 12.5. The number of hydrogen-bond donors (Lipinski definition) is 1. The van der Waals surface area contributed by atoms with E-state index in [2.05, 4.69) is 5.32 Å². The highest BCUT2D eigenvalue weighted by Gasteiger charge is 2.07. The predicted octanol–water partition coefficient (Wildman–Crippen LogP) is 2.99. The van der Waals surface area contributed by atoms with Gasteiger partial charge in [0.1, 0.15) is 5.82 Å². The van der Waals surface area contributed by atoms with Crippen molar-refractivity contribution in [3.8, 4) is 0 Å². The van der Waals surface area contributed by atoms with Crippen molar-refractivity contribution in [1.29, 1.82) is 0 Å². The Bertz CT molecular complexity index is 683. The second kappa shape index (κ2) is 6.85. The fourth-order valence-corrected chi connectivity index (χ4v) is 1.99. The first kappa shape index (κ1) is 15.7. The first-order valence-electron chi connectivity index (χ1n) is 6.84. The molecular weight excluding hydrogens is 283 g/mol. The Morgan fingerprint density at radius 1 is 1.14 bits per heavy atom. The van der Waals surface area contributed by atoms with Gasteiger partial charge in [-0.1, -0.05) is 12.1 Å². The van der Waals surface area contributed by atoms with Crippen LogP contribution in [0.4, 0.5) is 15.8 Å². The van der Waals surface area contributed by atoms with E-state index in [-0.39, 0.29) is 24.1 Å². The van der Waals surface area contributed by atoms with E-state index in [1.807, 2.05) is 0 Å². The number of benzene rings is 2. The minimum absolute atomic E-state index is 0.0668. The van der Waals surface area contributed by atoms with E-state index in [4.69, 9.17) is 0 Å². The number of hydrogen-bond acceptors (Lipinski definition) is 2. The zero-order chi connectivity index (χ0) is 16.1. The van der Waals surface area contributed by atoms with Gasteiger partial charge in [-0.15, -0.1) is 0 Å². The highest BCUT2D eigenvalue weighted by atomic mass is 19.1. The van der Waals surface area contributed by atoms with Crippen LogP contribution in [0.5, 0.6) is 0 Å². The fourth-order valence-electron chi connectivity index (χ4n) is 1.99. The van der Waals surface area contributed by atoms with Crippen LogP contribution in [0.1, 0.15) is 12.5 Å². The lowest BCUT2D eigenvalue weighted by Gasteiger charge is -2.15. The minimum Gasteiger partial charge on any atom is -0.326 e. The van der Waals surface area contributed by atoms with Gasteiger partial charge in [0.15, 0.2) is 0 Å². The van der Waals surface area contributed by atoms with Crippen LogP contribution < -0.4 is 10.2 Å². The van der Waals surface area contributed by atoms with Crippen LogP contribution in [0.25, 0.3) is 0 Å². The van der Waals surface area contributed by atoms with E-state index < -0.39 is 0 Å². The number of amides is 2. The minimum atomic E-state index is -0.359. The average Bonchev–Trinajstić information content (AvgIpc) is 2.47. The predicted molar refractivity (Wildman–Crippen MR) is 84.3 cm³/mol. The molecule has 0 aliphatic heterocycles. The molecule has 2 rings (SSSR count). The molecule has 1 N–H and O–H groups in total. The van der Waals surface area contributed by atoms with Crippen molar-refractivity contribution in [1.82, 2.24) is 0 Å². The monoisotopic (exact) mass is 300 g/mol. The number of halogens is 1. The molecule has 0 atom stereocenters. The molecule has 0 saturated heterocycles. The average molecular weight is 300 g/mol. The Balaban J connectivity index is 1.98. The molecule has 0 unspecified atom stereocenters. The Labute approximate surface area is 128 Å². The number of carbonyl (C=O) groups excluding carboxylic acids is 2. The summed E-state index contributed by atoms with van der Waals surface area (Å²) in [6.45, 7) is 1.48. The molecule has 22 heavy (non-hydrogen) atoms. The van der Waals surface area contributed by atoms with E-state index in [1.165, 1.54) is 24.0 Å². The zero-order valence-corrected chi connectivity index (χ0v) is 12.5. The lowest BCUT2D eigenvalue weighted by Crippen LogP contribution is -2.22. The third-order valence-electron chi connectivity index (χ3n) is 3.26. The highest BCUT2D eigenvalue weighted by Crippen LogP contribution is 2.17. The van der Waals surface area contributed by atoms with Gasteiger partial charge >= 0.3 is 0 Å². The second-order valence-corrected chi connectivity index (χ2v) is 4.98. The van der Waals surface area contributed by atoms with E-state index in [0.29, 0.717) is 11.3 Å². The van der Waals surface area contributed by atoms with Gasteiger partial charge in [-0.05, 0) is 42.0 Å². The number of nitrogens with zero attached hydrogens (tertiary/aromatic N) is 1. The largest absolute Gasteiger partial charge is 0.326 e. The van der Waals surface area contributed by atoms with Gasteiger partial charge in [-0.3, -0.25) is 9.59 Å². The lowest BCUT2D eigenvalue weighted by atomic mass is 10.1. The SMILES string of the molecule is CC(=O)N(C)c1ccc(NC(=O)Cc2cccc(F)c2)cc1. The summed E-state index contributed by atoms with van der Waals surface area (Å²) < 4.78 is 13.1. The van der Waals surface area contributed by atoms with Crippen LogP contribution in [-0.2, 0) is 16.0 Å². The summed E-state index contributed by atoms with van der Waals surface area (Å²) in [7, 11) is 1.68. The van der Waals surface area contributed by atoms with Crippen molar-refractivity contribution < 1.29 is 14.0 Å². The summed E-state index contributed by atoms with van der Waals surface area (Å²) in [5.41, 5.74) is 1.99. The molecule has 5 heteroatoms. The smallest absolute Gasteiger partial charge is 0.228 e. The normalized spacial score (nSPS) is 10.1. The molecule has 0 spiro atoms. The number of rotatable bonds is 4. The summed E-state index contributed by atoms with van der Waals surface area (Å²) in [5.74, 6) is -0.650. The first-order valence-corrected chi connectivity index (χ1v) is 6.84. The van der Waals surface area contributed by atoms with Gasteiger partial charge in [0.2, 0.25) is 11.8 Å². The molecule has 0 radical (unpaired) electrons. The summed E-state index contributed by atoms with van der Waals surface area (Å²) in [6, 6.07) is 12.9. The van der Waals surface area contributed by atoms with E-state index in [0.717, 1.165) is 5.69 Å². The first-order chi connectivity index (χ1) is 10.5. The van der Waals surface area contributed by atoms with Gasteiger partial charge in [-0.2, -0.15) is 0 Å². The molecule has 0 fully saturated rings. The van der Waals surface area contributed by atoms with Gasteiger partial charge in [0.05, 0.1) is 6.42 Å². The van der Waals surface area contributed by atoms with E-state index in [1.54, 1.807) is 43.4 Å². The molecule has 4 nitrogen and oxygen atoms in total. The molecule has 2 amide bonds. The Morgan fingerprint density at radius 3 is 2.41 bits per heavy atom. The summed E-state index contributed by atoms with van der Waals surface area (Å²) in [5, 5.41) is 2.74. The van der Waals surface area contributed by atoms with Crippen molar-refractivity contribution >= 4 is 23.2 Å². The van der Waals surface area contributed by atoms with Crippen LogP contribution in [-0.4, -0.2) is 18.9 Å². The van der Waals surface area contributed by atoms with Gasteiger partial charge in [0, 0.05) is 25.3 Å². The van der Waals surface area contributed by atoms with Crippen molar-refractivity contribution in [2.75, 3.05) is 17.3 Å². The number of anilines is 2. The van der Waals surface area contributed by atoms with Gasteiger partial charge in [0.25, 0.3) is 0 Å². The highest BCUT2D eigenvalue weighted by molar-refractivity contribution is 5.93. The Hall–Kier alpha value is -2.69. The van der Waals surface area contributed by atoms with Crippen LogP contribution in [0.3, 0.4) is 0 Å². The molecular formula is C17H17FN2O2. The van der Waals surface area contributed by atoms with Crippen LogP contribution >= 0.6 is 0 Å². The van der Waals surface area contributed by atoms with Crippen LogP contribution in [0, 0.1) is 5.82 Å². The standard InChI is InChI=1S/C17H17FN2O2/c1-12(21)20(2)16-8-6-15(7-9-16)19-17(22)11-13-4-3-5-14(18)10-13/h3-10H,11H2,1-2H3,(H,19,22). The van der Waals surface area contributed by atoms with E-state index in [9.17, 15) is 14.0 Å². The molecule has 0 bridgehead atoms. The maximum Gasteiger partial charge on any atom is 0.228 e. The Morgan fingerprint density at radius 2 is 1.82 bits per heavy atom. The molecule has 0 saturated carbocycles. The number of nitrogens with one attached hydrogen (secondary N) is 1. The molecule has 114 valence electrons. The summed E-state index contributed by atoms with van der Waals surface area (Å²) in [6.07, 6.45) is 0.104. The third-order valence-corrected chi connectivity index (χ3v) is 3.26. The van der Waals surface area contributed by atoms with E-state index >= 15 is 0 Å². The number of carbonyl (C=O) groups is 2. The topological polar surface area (TPSA) is 49.4 Å². The summed E-state index contributed by atoms with van der Waals surface area (Å²) in [4.78, 5) is 24.7. The molecule has 0 aromatic heterocycles. The van der Waals surface area contributed by atoms with Crippen molar-refractivity contribution in [2.24, 2.45) is 0 Å². The maximum atomic E-state index is 13.1. The quantitative estimate of drug-likeness (QED) is 0.943. The maximum absolute atomic E-state index is 13.1. The third kappa shape index (κ3) is 4.15. The fraction of sp³-hybridized carbons (Fsp3) is 0.176. The van der Waals surface area contributed by atoms with Gasteiger partial charge in [-0.25, -0.2) is 4.39 Å². The van der Waals surface area contributed by atoms with Crippen molar-refractivity contribution in [2.45, 2.75) is 13.3 Å². The second-order valence-electron chi connectivity index (χ2n) is 4.98. The van der Waals surface area contributed by atoms with Crippen LogP contribution in [0.15, 0.2) is 48.5 Å². The Kier molecular flexibility index (Phi) is 4.88. The summed E-state index contributed by atoms with van der Waals surface area (Å²) >= 11 is 0. The van der Waals surface area contributed by atoms with Gasteiger partial charge < -0.3 is 10.2 Å². The lowest BCUT2D eigenvalue weighted by molar-refractivity contribution is -0.116. The van der Waals surface area contributed by atoms with Crippen molar-refractivity contribution in [3.63, 3.8) is 0 Å².